The summed E-state index contributed by atoms with van der Waals surface area (Å²) in [5, 5.41) is 0. The SMILES string of the molecule is [AlH3].[Cr].[Nd].[Ti]. The molecule has 0 amide bonds. The first kappa shape index (κ1) is 27.3. The zero-order valence-corrected chi connectivity index (χ0v) is 7.45. The second-order valence-electron chi connectivity index (χ2n) is 0. The standard InChI is InChI=1S/Al.Cr.Nd.Ti.3H. The van der Waals surface area contributed by atoms with Gasteiger partial charge in [0.15, 0.2) is 17.4 Å². The quantitative estimate of drug-likeness (QED) is 0.487. The van der Waals surface area contributed by atoms with Gasteiger partial charge in [0, 0.05) is 79.9 Å². The maximum Gasteiger partial charge on any atom is 0.187 e. The van der Waals surface area contributed by atoms with Gasteiger partial charge in [0.2, 0.25) is 0 Å². The van der Waals surface area contributed by atoms with Crippen molar-refractivity contribution in [2.45, 2.75) is 0 Å². The van der Waals surface area contributed by atoms with Crippen LogP contribution in [0.25, 0.3) is 0 Å². The van der Waals surface area contributed by atoms with Crippen LogP contribution in [0.4, 0.5) is 0 Å². The maximum atomic E-state index is 0. The largest absolute Gasteiger partial charge is 0.187 e. The van der Waals surface area contributed by atoms with Gasteiger partial charge in [-0.2, -0.15) is 0 Å². The Morgan fingerprint density at radius 1 is 1.00 bits per heavy atom. The molecule has 0 saturated heterocycles. The predicted octanol–water partition coefficient (Wildman–Crippen LogP) is -1.19. The van der Waals surface area contributed by atoms with E-state index in [4.69, 9.17) is 0 Å². The third-order valence-electron chi connectivity index (χ3n) is 0. The molecule has 0 atom stereocenters. The Balaban J connectivity index is 0. The van der Waals surface area contributed by atoms with Crippen molar-refractivity contribution in [2.75, 3.05) is 0 Å². The molecule has 0 fully saturated rings. The molecule has 0 bridgehead atoms. The van der Waals surface area contributed by atoms with E-state index in [1.54, 1.807) is 0 Å². The summed E-state index contributed by atoms with van der Waals surface area (Å²) >= 11 is 0. The van der Waals surface area contributed by atoms with Gasteiger partial charge in [0.25, 0.3) is 0 Å². The minimum Gasteiger partial charge on any atom is 0 e. The van der Waals surface area contributed by atoms with Gasteiger partial charge in [-0.15, -0.1) is 0 Å². The van der Waals surface area contributed by atoms with E-state index in [1.807, 2.05) is 0 Å². The van der Waals surface area contributed by atoms with Gasteiger partial charge in [-0.05, 0) is 0 Å². The van der Waals surface area contributed by atoms with E-state index in [2.05, 4.69) is 0 Å². The van der Waals surface area contributed by atoms with Crippen molar-refractivity contribution in [2.24, 2.45) is 0 Å². The van der Waals surface area contributed by atoms with Crippen LogP contribution >= 0.6 is 0 Å². The van der Waals surface area contributed by atoms with E-state index in [0.717, 1.165) is 0 Å². The van der Waals surface area contributed by atoms with E-state index >= 15 is 0 Å². The molecule has 0 aliphatic carbocycles. The van der Waals surface area contributed by atoms with Crippen molar-refractivity contribution < 1.29 is 79.9 Å². The fraction of sp³-hybridized carbons (Fsp3) is 0. The van der Waals surface area contributed by atoms with Crippen molar-refractivity contribution in [3.8, 4) is 0 Å². The van der Waals surface area contributed by atoms with Crippen molar-refractivity contribution in [1.82, 2.24) is 0 Å². The summed E-state index contributed by atoms with van der Waals surface area (Å²) in [6, 6.07) is 0. The molecule has 0 spiro atoms. The van der Waals surface area contributed by atoms with Crippen LogP contribution in [0.2, 0.25) is 0 Å². The van der Waals surface area contributed by atoms with E-state index in [1.165, 1.54) is 0 Å². The number of hydrogen-bond acceptors (Lipinski definition) is 0. The van der Waals surface area contributed by atoms with Crippen molar-refractivity contribution >= 4 is 17.4 Å². The van der Waals surface area contributed by atoms with Crippen LogP contribution in [-0.2, 0) is 39.1 Å². The molecule has 0 unspecified atom stereocenters. The summed E-state index contributed by atoms with van der Waals surface area (Å²) in [6.07, 6.45) is 0. The van der Waals surface area contributed by atoms with Gasteiger partial charge in [-0.1, -0.05) is 0 Å². The molecule has 0 saturated carbocycles. The molecule has 0 aromatic heterocycles. The van der Waals surface area contributed by atoms with Crippen LogP contribution in [0.3, 0.4) is 0 Å². The Bertz CT molecular complexity index is 8.00. The summed E-state index contributed by atoms with van der Waals surface area (Å²) in [6.45, 7) is 0. The maximum absolute atomic E-state index is 0. The first-order chi connectivity index (χ1) is 0. The molecule has 4 heavy (non-hydrogen) atoms. The van der Waals surface area contributed by atoms with Gasteiger partial charge in [0.05, 0.1) is 0 Å². The van der Waals surface area contributed by atoms with Crippen LogP contribution in [0.5, 0.6) is 0 Å². The predicted molar refractivity (Wildman–Crippen MR) is 9.94 cm³/mol. The Hall–Kier alpha value is 3.13. The fourth-order valence-corrected chi connectivity index (χ4v) is 0. The third kappa shape index (κ3) is 8.93. The molecule has 0 aromatic rings. The molecule has 0 aromatic carbocycles. The van der Waals surface area contributed by atoms with E-state index in [9.17, 15) is 0 Å². The zero-order valence-electron chi connectivity index (χ0n) is 1.41. The van der Waals surface area contributed by atoms with Gasteiger partial charge in [-0.3, -0.25) is 0 Å². The fourth-order valence-electron chi connectivity index (χ4n) is 0. The van der Waals surface area contributed by atoms with Crippen LogP contribution in [-0.4, -0.2) is 17.4 Å². The number of rotatable bonds is 0. The second kappa shape index (κ2) is 16.5. The summed E-state index contributed by atoms with van der Waals surface area (Å²) in [5.41, 5.74) is 0. The van der Waals surface area contributed by atoms with E-state index < -0.39 is 0 Å². The monoisotopic (exact) mass is 272 g/mol. The molecule has 0 heterocycles. The molecule has 0 rings (SSSR count). The molecule has 0 nitrogen and oxygen atoms in total. The van der Waals surface area contributed by atoms with E-state index in [0.29, 0.717) is 0 Å². The Morgan fingerprint density at radius 3 is 1.00 bits per heavy atom. The Kier molecular flexibility index (Phi) is 113. The average molecular weight is 274 g/mol. The van der Waals surface area contributed by atoms with Crippen molar-refractivity contribution in [3.05, 3.63) is 0 Å². The topological polar surface area (TPSA) is 0 Å². The summed E-state index contributed by atoms with van der Waals surface area (Å²) in [7, 11) is 0. The molecular formula is H3AlCrNdTi. The van der Waals surface area contributed by atoms with Gasteiger partial charge in [0.1, 0.15) is 0 Å². The summed E-state index contributed by atoms with van der Waals surface area (Å²) in [5.74, 6) is 0. The van der Waals surface area contributed by atoms with Crippen molar-refractivity contribution in [3.63, 3.8) is 0 Å². The Morgan fingerprint density at radius 2 is 1.00 bits per heavy atom. The molecule has 0 N–H and O–H groups in total. The second-order valence-corrected chi connectivity index (χ2v) is 0. The minimum atomic E-state index is 0. The third-order valence-corrected chi connectivity index (χ3v) is 0. The van der Waals surface area contributed by atoms with Crippen molar-refractivity contribution in [1.29, 1.82) is 0 Å². The van der Waals surface area contributed by atoms with Crippen LogP contribution in [0, 0.1) is 40.8 Å². The number of hydrogen-bond donors (Lipinski definition) is 0. The summed E-state index contributed by atoms with van der Waals surface area (Å²) < 4.78 is 0. The minimum absolute atomic E-state index is 0. The average Bonchev–Trinajstić information content (AvgIpc) is 0. The normalized spacial score (nSPS) is 0. The molecule has 4 heteroatoms. The molecule has 20 valence electrons. The first-order valence-corrected chi connectivity index (χ1v) is 0. The smallest absolute Gasteiger partial charge is 0 e. The van der Waals surface area contributed by atoms with Gasteiger partial charge in [-0.25, -0.2) is 0 Å². The van der Waals surface area contributed by atoms with Crippen LogP contribution in [0.15, 0.2) is 0 Å². The Labute approximate surface area is 95.2 Å². The summed E-state index contributed by atoms with van der Waals surface area (Å²) in [4.78, 5) is 0. The van der Waals surface area contributed by atoms with Gasteiger partial charge >= 0.3 is 0 Å². The molecule has 0 radical (unpaired) electrons. The first-order valence-electron chi connectivity index (χ1n) is 0. The molecular weight excluding hydrogens is 271 g/mol. The zero-order chi connectivity index (χ0) is 0. The van der Waals surface area contributed by atoms with E-state index in [-0.39, 0.29) is 97.3 Å². The molecule has 0 aliphatic rings. The van der Waals surface area contributed by atoms with Gasteiger partial charge < -0.3 is 0 Å². The molecule has 0 aliphatic heterocycles. The van der Waals surface area contributed by atoms with Crippen LogP contribution < -0.4 is 0 Å². The van der Waals surface area contributed by atoms with Crippen LogP contribution in [0.1, 0.15) is 0 Å².